The van der Waals surface area contributed by atoms with Gasteiger partial charge in [-0.3, -0.25) is 0 Å². The van der Waals surface area contributed by atoms with E-state index in [9.17, 15) is 0 Å². The molecule has 0 saturated carbocycles. The van der Waals surface area contributed by atoms with Crippen LogP contribution in [0.1, 0.15) is 6.42 Å². The van der Waals surface area contributed by atoms with E-state index in [1.165, 1.54) is 6.33 Å². The van der Waals surface area contributed by atoms with Gasteiger partial charge in [-0.05, 0) is 22.4 Å². The molecule has 0 fully saturated rings. The fraction of sp³-hybridized carbons (Fsp3) is 0.500. The summed E-state index contributed by atoms with van der Waals surface area (Å²) >= 11 is 3.35. The van der Waals surface area contributed by atoms with E-state index in [1.54, 1.807) is 13.3 Å². The van der Waals surface area contributed by atoms with Crippen LogP contribution < -0.4 is 5.32 Å². The first-order chi connectivity index (χ1) is 6.34. The predicted molar refractivity (Wildman–Crippen MR) is 54.7 cm³/mol. The molecule has 72 valence electrons. The molecule has 0 spiro atoms. The molecule has 0 saturated heterocycles. The molecule has 1 heterocycles. The fourth-order valence-corrected chi connectivity index (χ4v) is 1.23. The van der Waals surface area contributed by atoms with Crippen LogP contribution >= 0.6 is 15.9 Å². The minimum atomic E-state index is 0.760. The second-order valence-corrected chi connectivity index (χ2v) is 3.35. The second kappa shape index (κ2) is 5.88. The molecule has 0 aliphatic carbocycles. The van der Waals surface area contributed by atoms with Gasteiger partial charge in [0.1, 0.15) is 12.1 Å². The Hall–Kier alpha value is -0.680. The van der Waals surface area contributed by atoms with E-state index < -0.39 is 0 Å². The Kier molecular flexibility index (Phi) is 4.70. The van der Waals surface area contributed by atoms with Crippen molar-refractivity contribution in [1.82, 2.24) is 9.97 Å². The van der Waals surface area contributed by atoms with Crippen molar-refractivity contribution in [3.8, 4) is 0 Å². The van der Waals surface area contributed by atoms with Gasteiger partial charge in [-0.1, -0.05) is 0 Å². The zero-order valence-electron chi connectivity index (χ0n) is 7.46. The number of halogens is 1. The highest BCUT2D eigenvalue weighted by Crippen LogP contribution is 2.16. The Morgan fingerprint density at radius 3 is 3.15 bits per heavy atom. The molecule has 1 aromatic heterocycles. The van der Waals surface area contributed by atoms with E-state index in [0.717, 1.165) is 29.9 Å². The van der Waals surface area contributed by atoms with Crippen molar-refractivity contribution in [2.24, 2.45) is 0 Å². The van der Waals surface area contributed by atoms with Crippen LogP contribution in [0.5, 0.6) is 0 Å². The highest BCUT2D eigenvalue weighted by atomic mass is 79.9. The van der Waals surface area contributed by atoms with Crippen LogP contribution in [-0.2, 0) is 4.74 Å². The summed E-state index contributed by atoms with van der Waals surface area (Å²) in [5.74, 6) is 0.825. The van der Waals surface area contributed by atoms with Gasteiger partial charge in [0.05, 0.1) is 4.47 Å². The van der Waals surface area contributed by atoms with Crippen LogP contribution in [0.25, 0.3) is 0 Å². The van der Waals surface area contributed by atoms with Gasteiger partial charge < -0.3 is 10.1 Å². The van der Waals surface area contributed by atoms with Crippen molar-refractivity contribution >= 4 is 21.7 Å². The Bertz CT molecular complexity index is 257. The van der Waals surface area contributed by atoms with Crippen LogP contribution in [0, 0.1) is 0 Å². The first-order valence-electron chi connectivity index (χ1n) is 4.03. The number of hydrogen-bond donors (Lipinski definition) is 1. The van der Waals surface area contributed by atoms with Gasteiger partial charge in [-0.2, -0.15) is 0 Å². The molecular formula is C8H12BrN3O. The number of nitrogens with zero attached hydrogens (tertiary/aromatic N) is 2. The number of aromatic nitrogens is 2. The number of rotatable bonds is 5. The van der Waals surface area contributed by atoms with Crippen molar-refractivity contribution in [1.29, 1.82) is 0 Å². The number of ether oxygens (including phenoxy) is 1. The third kappa shape index (κ3) is 3.69. The fourth-order valence-electron chi connectivity index (χ4n) is 0.866. The van der Waals surface area contributed by atoms with Gasteiger partial charge in [-0.25, -0.2) is 9.97 Å². The van der Waals surface area contributed by atoms with E-state index in [-0.39, 0.29) is 0 Å². The largest absolute Gasteiger partial charge is 0.385 e. The zero-order valence-corrected chi connectivity index (χ0v) is 9.04. The van der Waals surface area contributed by atoms with E-state index in [2.05, 4.69) is 31.2 Å². The number of methoxy groups -OCH3 is 1. The molecule has 0 amide bonds. The second-order valence-electron chi connectivity index (χ2n) is 2.49. The number of hydrogen-bond acceptors (Lipinski definition) is 4. The molecule has 1 N–H and O–H groups in total. The topological polar surface area (TPSA) is 47.0 Å². The summed E-state index contributed by atoms with van der Waals surface area (Å²) < 4.78 is 5.81. The molecular weight excluding hydrogens is 234 g/mol. The summed E-state index contributed by atoms with van der Waals surface area (Å²) in [6.45, 7) is 1.61. The lowest BCUT2D eigenvalue weighted by Crippen LogP contribution is -2.06. The zero-order chi connectivity index (χ0) is 9.52. The van der Waals surface area contributed by atoms with Gasteiger partial charge in [-0.15, -0.1) is 0 Å². The summed E-state index contributed by atoms with van der Waals surface area (Å²) in [6, 6.07) is 0. The molecule has 1 rings (SSSR count). The molecule has 0 atom stereocenters. The van der Waals surface area contributed by atoms with Gasteiger partial charge in [0.25, 0.3) is 0 Å². The van der Waals surface area contributed by atoms with Crippen LogP contribution in [0.2, 0.25) is 0 Å². The predicted octanol–water partition coefficient (Wildman–Crippen LogP) is 1.69. The first-order valence-corrected chi connectivity index (χ1v) is 4.82. The molecule has 13 heavy (non-hydrogen) atoms. The molecule has 1 aromatic rings. The minimum absolute atomic E-state index is 0.760. The van der Waals surface area contributed by atoms with Crippen molar-refractivity contribution in [2.45, 2.75) is 6.42 Å². The molecule has 0 aromatic carbocycles. The van der Waals surface area contributed by atoms with Crippen molar-refractivity contribution < 1.29 is 4.74 Å². The van der Waals surface area contributed by atoms with E-state index in [4.69, 9.17) is 4.74 Å². The van der Waals surface area contributed by atoms with Gasteiger partial charge in [0, 0.05) is 26.5 Å². The molecule has 5 heteroatoms. The summed E-state index contributed by atoms with van der Waals surface area (Å²) in [4.78, 5) is 7.93. The van der Waals surface area contributed by atoms with Crippen LogP contribution in [0.4, 0.5) is 5.82 Å². The highest BCUT2D eigenvalue weighted by Gasteiger charge is 1.98. The third-order valence-electron chi connectivity index (χ3n) is 1.49. The number of nitrogens with one attached hydrogen (secondary N) is 1. The molecule has 4 nitrogen and oxygen atoms in total. The summed E-state index contributed by atoms with van der Waals surface area (Å²) in [5, 5.41) is 3.17. The molecule has 0 unspecified atom stereocenters. The van der Waals surface area contributed by atoms with E-state index >= 15 is 0 Å². The molecule has 0 radical (unpaired) electrons. The third-order valence-corrected chi connectivity index (χ3v) is 2.07. The molecule has 0 aliphatic heterocycles. The van der Waals surface area contributed by atoms with Crippen LogP contribution in [-0.4, -0.2) is 30.2 Å². The summed E-state index contributed by atoms with van der Waals surface area (Å²) in [7, 11) is 1.70. The smallest absolute Gasteiger partial charge is 0.143 e. The maximum absolute atomic E-state index is 4.93. The van der Waals surface area contributed by atoms with Crippen LogP contribution in [0.15, 0.2) is 17.0 Å². The van der Waals surface area contributed by atoms with Gasteiger partial charge >= 0.3 is 0 Å². The first kappa shape index (κ1) is 10.4. The SMILES string of the molecule is COCCCNc1ncncc1Br. The number of anilines is 1. The standard InChI is InChI=1S/C8H12BrN3O/c1-13-4-2-3-11-8-7(9)5-10-6-12-8/h5-6H,2-4H2,1H3,(H,10,11,12). The Morgan fingerprint density at radius 1 is 1.62 bits per heavy atom. The Balaban J connectivity index is 2.32. The van der Waals surface area contributed by atoms with E-state index in [1.807, 2.05) is 0 Å². The summed E-state index contributed by atoms with van der Waals surface area (Å²) in [5.41, 5.74) is 0. The van der Waals surface area contributed by atoms with Gasteiger partial charge in [0.2, 0.25) is 0 Å². The molecule has 0 bridgehead atoms. The lowest BCUT2D eigenvalue weighted by atomic mass is 10.4. The average molecular weight is 246 g/mol. The van der Waals surface area contributed by atoms with Crippen molar-refractivity contribution in [2.75, 3.05) is 25.6 Å². The highest BCUT2D eigenvalue weighted by molar-refractivity contribution is 9.10. The molecule has 0 aliphatic rings. The summed E-state index contributed by atoms with van der Waals surface area (Å²) in [6.07, 6.45) is 4.20. The quantitative estimate of drug-likeness (QED) is 0.803. The lowest BCUT2D eigenvalue weighted by molar-refractivity contribution is 0.197. The van der Waals surface area contributed by atoms with Crippen molar-refractivity contribution in [3.63, 3.8) is 0 Å². The Morgan fingerprint density at radius 2 is 2.46 bits per heavy atom. The maximum Gasteiger partial charge on any atom is 0.143 e. The average Bonchev–Trinajstić information content (AvgIpc) is 2.15. The van der Waals surface area contributed by atoms with Gasteiger partial charge in [0.15, 0.2) is 0 Å². The normalized spacial score (nSPS) is 10.0. The Labute approximate surface area is 85.9 Å². The lowest BCUT2D eigenvalue weighted by Gasteiger charge is -2.05. The monoisotopic (exact) mass is 245 g/mol. The van der Waals surface area contributed by atoms with E-state index in [0.29, 0.717) is 0 Å². The minimum Gasteiger partial charge on any atom is -0.385 e. The van der Waals surface area contributed by atoms with Crippen LogP contribution in [0.3, 0.4) is 0 Å². The maximum atomic E-state index is 4.93. The van der Waals surface area contributed by atoms with Crippen molar-refractivity contribution in [3.05, 3.63) is 17.0 Å².